The fourth-order valence-corrected chi connectivity index (χ4v) is 3.61. The maximum atomic E-state index is 13.2. The van der Waals surface area contributed by atoms with Gasteiger partial charge in [0.15, 0.2) is 0 Å². The zero-order chi connectivity index (χ0) is 20.3. The van der Waals surface area contributed by atoms with Crippen molar-refractivity contribution in [3.05, 3.63) is 41.1 Å². The van der Waals surface area contributed by atoms with Crippen LogP contribution in [0.3, 0.4) is 0 Å². The van der Waals surface area contributed by atoms with Gasteiger partial charge in [0.05, 0.1) is 11.7 Å². The third-order valence-corrected chi connectivity index (χ3v) is 5.28. The number of likely N-dealkylation sites (N-methyl/N-ethyl adjacent to an activating group) is 1. The summed E-state index contributed by atoms with van der Waals surface area (Å²) in [6.45, 7) is 10.2. The zero-order valence-electron chi connectivity index (χ0n) is 17.4. The number of piperazine rings is 1. The lowest BCUT2D eigenvalue weighted by Crippen LogP contribution is -2.46. The molecule has 0 atom stereocenters. The van der Waals surface area contributed by atoms with Gasteiger partial charge in [0.25, 0.3) is 11.8 Å². The molecule has 0 spiro atoms. The van der Waals surface area contributed by atoms with Gasteiger partial charge in [-0.2, -0.15) is 0 Å². The first-order chi connectivity index (χ1) is 13.4. The van der Waals surface area contributed by atoms with Crippen LogP contribution in [-0.2, 0) is 14.3 Å². The van der Waals surface area contributed by atoms with Gasteiger partial charge in [-0.1, -0.05) is 29.8 Å². The minimum absolute atomic E-state index is 0.145. The Morgan fingerprint density at radius 2 is 1.64 bits per heavy atom. The Morgan fingerprint density at radius 1 is 1.00 bits per heavy atom. The first kappa shape index (κ1) is 20.6. The molecule has 1 aromatic carbocycles. The van der Waals surface area contributed by atoms with E-state index < -0.39 is 0 Å². The summed E-state index contributed by atoms with van der Waals surface area (Å²) in [6.07, 6.45) is 0.791. The van der Waals surface area contributed by atoms with Crippen LogP contribution in [-0.4, -0.2) is 79.0 Å². The van der Waals surface area contributed by atoms with Crippen LogP contribution in [0.1, 0.15) is 31.4 Å². The molecule has 2 aliphatic rings. The molecule has 28 heavy (non-hydrogen) atoms. The highest BCUT2D eigenvalue weighted by molar-refractivity contribution is 6.35. The van der Waals surface area contributed by atoms with Gasteiger partial charge in [-0.05, 0) is 39.8 Å². The van der Waals surface area contributed by atoms with Crippen molar-refractivity contribution in [1.29, 1.82) is 0 Å². The minimum Gasteiger partial charge on any atom is -0.379 e. The fourth-order valence-electron chi connectivity index (χ4n) is 3.61. The van der Waals surface area contributed by atoms with Crippen molar-refractivity contribution in [3.63, 3.8) is 0 Å². The first-order valence-corrected chi connectivity index (χ1v) is 10.1. The molecule has 2 heterocycles. The minimum atomic E-state index is -0.188. The van der Waals surface area contributed by atoms with E-state index in [0.29, 0.717) is 30.8 Å². The van der Waals surface area contributed by atoms with E-state index in [1.807, 2.05) is 45.0 Å². The summed E-state index contributed by atoms with van der Waals surface area (Å²) < 4.78 is 5.57. The lowest BCUT2D eigenvalue weighted by atomic mass is 10.0. The van der Waals surface area contributed by atoms with Gasteiger partial charge in [-0.15, -0.1) is 0 Å². The number of imide groups is 1. The van der Waals surface area contributed by atoms with Crippen LogP contribution in [0.25, 0.3) is 5.57 Å². The van der Waals surface area contributed by atoms with E-state index in [4.69, 9.17) is 4.74 Å². The van der Waals surface area contributed by atoms with Crippen molar-refractivity contribution >= 4 is 17.4 Å². The van der Waals surface area contributed by atoms with Crippen LogP contribution in [0.2, 0.25) is 0 Å². The Morgan fingerprint density at radius 3 is 2.25 bits per heavy atom. The van der Waals surface area contributed by atoms with Crippen LogP contribution in [0.5, 0.6) is 0 Å². The molecule has 0 aliphatic carbocycles. The van der Waals surface area contributed by atoms with Crippen molar-refractivity contribution in [2.45, 2.75) is 33.3 Å². The van der Waals surface area contributed by atoms with Gasteiger partial charge >= 0.3 is 0 Å². The molecule has 1 fully saturated rings. The largest absolute Gasteiger partial charge is 0.379 e. The standard InChI is InChI=1S/C22H31N3O3/c1-16(2)28-15-5-10-25-21(26)19(18-8-6-17(3)7-9-18)20(22(25)27)24-13-11-23(4)12-14-24/h6-9,16H,5,10-15H2,1-4H3. The summed E-state index contributed by atoms with van der Waals surface area (Å²) in [7, 11) is 2.08. The molecular weight excluding hydrogens is 354 g/mol. The van der Waals surface area contributed by atoms with Gasteiger partial charge in [0.2, 0.25) is 0 Å². The van der Waals surface area contributed by atoms with E-state index in [-0.39, 0.29) is 17.9 Å². The molecule has 0 saturated carbocycles. The smallest absolute Gasteiger partial charge is 0.277 e. The molecule has 2 amide bonds. The predicted octanol–water partition coefficient (Wildman–Crippen LogP) is 2.14. The van der Waals surface area contributed by atoms with Gasteiger partial charge in [-0.25, -0.2) is 0 Å². The molecule has 3 rings (SSSR count). The van der Waals surface area contributed by atoms with Crippen LogP contribution < -0.4 is 0 Å². The summed E-state index contributed by atoms with van der Waals surface area (Å²) in [4.78, 5) is 32.2. The number of hydrogen-bond donors (Lipinski definition) is 0. The van der Waals surface area contributed by atoms with E-state index >= 15 is 0 Å². The summed E-state index contributed by atoms with van der Waals surface area (Å²) in [5.41, 5.74) is 3.05. The number of nitrogens with zero attached hydrogens (tertiary/aromatic N) is 3. The monoisotopic (exact) mass is 385 g/mol. The van der Waals surface area contributed by atoms with E-state index in [1.54, 1.807) is 0 Å². The molecule has 2 aliphatic heterocycles. The highest BCUT2D eigenvalue weighted by atomic mass is 16.5. The van der Waals surface area contributed by atoms with E-state index in [2.05, 4.69) is 16.8 Å². The summed E-state index contributed by atoms with van der Waals surface area (Å²) in [5.74, 6) is -0.359. The van der Waals surface area contributed by atoms with Gasteiger partial charge in [-0.3, -0.25) is 14.5 Å². The summed E-state index contributed by atoms with van der Waals surface area (Å²) >= 11 is 0. The van der Waals surface area contributed by atoms with Crippen molar-refractivity contribution in [2.24, 2.45) is 0 Å². The molecule has 0 bridgehead atoms. The average molecular weight is 386 g/mol. The first-order valence-electron chi connectivity index (χ1n) is 10.1. The Labute approximate surface area is 167 Å². The number of aryl methyl sites for hydroxylation is 1. The van der Waals surface area contributed by atoms with Crippen LogP contribution in [0.4, 0.5) is 0 Å². The quantitative estimate of drug-likeness (QED) is 0.532. The van der Waals surface area contributed by atoms with Crippen molar-refractivity contribution in [1.82, 2.24) is 14.7 Å². The van der Waals surface area contributed by atoms with Crippen molar-refractivity contribution < 1.29 is 14.3 Å². The highest BCUT2D eigenvalue weighted by Gasteiger charge is 2.41. The molecule has 6 heteroatoms. The molecule has 0 unspecified atom stereocenters. The molecule has 6 nitrogen and oxygen atoms in total. The molecule has 0 radical (unpaired) electrons. The van der Waals surface area contributed by atoms with E-state index in [0.717, 1.165) is 37.3 Å². The van der Waals surface area contributed by atoms with E-state index in [9.17, 15) is 9.59 Å². The lowest BCUT2D eigenvalue weighted by Gasteiger charge is -2.34. The number of carbonyl (C=O) groups excluding carboxylic acids is 2. The molecule has 0 aromatic heterocycles. The number of ether oxygens (including phenoxy) is 1. The maximum absolute atomic E-state index is 13.2. The Bertz CT molecular complexity index is 747. The maximum Gasteiger partial charge on any atom is 0.277 e. The second kappa shape index (κ2) is 8.88. The third-order valence-electron chi connectivity index (χ3n) is 5.28. The van der Waals surface area contributed by atoms with Crippen LogP contribution >= 0.6 is 0 Å². The fraction of sp³-hybridized carbons (Fsp3) is 0.545. The predicted molar refractivity (Wildman–Crippen MR) is 110 cm³/mol. The van der Waals surface area contributed by atoms with Crippen LogP contribution in [0, 0.1) is 6.92 Å². The van der Waals surface area contributed by atoms with Gasteiger partial charge in [0, 0.05) is 39.3 Å². The second-order valence-electron chi connectivity index (χ2n) is 7.91. The zero-order valence-corrected chi connectivity index (χ0v) is 17.4. The number of rotatable bonds is 7. The SMILES string of the molecule is Cc1ccc(C2=C(N3CCN(C)CC3)C(=O)N(CCCOC(C)C)C2=O)cc1. The Balaban J connectivity index is 1.86. The van der Waals surface area contributed by atoms with Crippen molar-refractivity contribution in [2.75, 3.05) is 46.4 Å². The topological polar surface area (TPSA) is 53.1 Å². The highest BCUT2D eigenvalue weighted by Crippen LogP contribution is 2.32. The summed E-state index contributed by atoms with van der Waals surface area (Å²) in [5, 5.41) is 0. The Kier molecular flexibility index (Phi) is 6.52. The second-order valence-corrected chi connectivity index (χ2v) is 7.91. The lowest BCUT2D eigenvalue weighted by molar-refractivity contribution is -0.137. The normalized spacial score (nSPS) is 18.8. The number of hydrogen-bond acceptors (Lipinski definition) is 5. The molecular formula is C22H31N3O3. The molecule has 1 aromatic rings. The number of amides is 2. The average Bonchev–Trinajstić information content (AvgIpc) is 2.91. The van der Waals surface area contributed by atoms with E-state index in [1.165, 1.54) is 4.90 Å². The molecule has 1 saturated heterocycles. The number of carbonyl (C=O) groups is 2. The Hall–Kier alpha value is -2.18. The summed E-state index contributed by atoms with van der Waals surface area (Å²) in [6, 6.07) is 7.86. The molecule has 152 valence electrons. The van der Waals surface area contributed by atoms with Crippen LogP contribution in [0.15, 0.2) is 30.0 Å². The van der Waals surface area contributed by atoms with Crippen molar-refractivity contribution in [3.8, 4) is 0 Å². The third kappa shape index (κ3) is 4.45. The number of benzene rings is 1. The van der Waals surface area contributed by atoms with Gasteiger partial charge < -0.3 is 14.5 Å². The molecule has 0 N–H and O–H groups in total. The van der Waals surface area contributed by atoms with Gasteiger partial charge in [0.1, 0.15) is 5.70 Å².